The van der Waals surface area contributed by atoms with E-state index in [1.807, 2.05) is 6.07 Å². The number of aromatic amines is 1. The number of hydrogen-bond donors (Lipinski definition) is 3. The van der Waals surface area contributed by atoms with Crippen molar-refractivity contribution >= 4 is 10.9 Å². The van der Waals surface area contributed by atoms with Gasteiger partial charge in [-0.3, -0.25) is 4.90 Å². The van der Waals surface area contributed by atoms with Crippen molar-refractivity contribution in [2.75, 3.05) is 26.4 Å². The molecule has 1 aromatic heterocycles. The van der Waals surface area contributed by atoms with Gasteiger partial charge in [0, 0.05) is 42.8 Å². The molecule has 0 aliphatic carbocycles. The summed E-state index contributed by atoms with van der Waals surface area (Å²) in [5, 5.41) is 14.1. The van der Waals surface area contributed by atoms with Crippen molar-refractivity contribution < 1.29 is 5.11 Å². The van der Waals surface area contributed by atoms with Crippen molar-refractivity contribution in [3.05, 3.63) is 36.0 Å². The molecule has 0 spiro atoms. The van der Waals surface area contributed by atoms with Crippen LogP contribution in [0.5, 0.6) is 0 Å². The first-order valence-electron chi connectivity index (χ1n) is 6.49. The van der Waals surface area contributed by atoms with Gasteiger partial charge in [0.15, 0.2) is 0 Å². The lowest BCUT2D eigenvalue weighted by Gasteiger charge is -2.34. The highest BCUT2D eigenvalue weighted by atomic mass is 16.3. The number of benzene rings is 1. The van der Waals surface area contributed by atoms with E-state index in [4.69, 9.17) is 0 Å². The number of rotatable bonds is 3. The number of nitrogens with one attached hydrogen (secondary N) is 2. The molecule has 1 saturated heterocycles. The molecule has 0 bridgehead atoms. The van der Waals surface area contributed by atoms with Gasteiger partial charge in [0.25, 0.3) is 0 Å². The van der Waals surface area contributed by atoms with Gasteiger partial charge >= 0.3 is 0 Å². The summed E-state index contributed by atoms with van der Waals surface area (Å²) in [6.07, 6.45) is 3.06. The topological polar surface area (TPSA) is 51.3 Å². The van der Waals surface area contributed by atoms with Crippen molar-refractivity contribution in [3.63, 3.8) is 0 Å². The Kier molecular flexibility index (Phi) is 3.32. The molecule has 4 heteroatoms. The quantitative estimate of drug-likeness (QED) is 0.754. The zero-order chi connectivity index (χ0) is 12.4. The number of piperazine rings is 1. The number of hydrogen-bond acceptors (Lipinski definition) is 3. The van der Waals surface area contributed by atoms with Crippen molar-refractivity contribution in [2.24, 2.45) is 0 Å². The van der Waals surface area contributed by atoms with Crippen LogP contribution in [-0.4, -0.2) is 47.4 Å². The maximum atomic E-state index is 9.39. The van der Waals surface area contributed by atoms with Crippen LogP contribution in [0.4, 0.5) is 0 Å². The minimum Gasteiger partial charge on any atom is -0.381 e. The van der Waals surface area contributed by atoms with Crippen LogP contribution in [0, 0.1) is 0 Å². The summed E-state index contributed by atoms with van der Waals surface area (Å²) in [6, 6.07) is 8.75. The Morgan fingerprint density at radius 3 is 3.11 bits per heavy atom. The summed E-state index contributed by atoms with van der Waals surface area (Å²) in [5.74, 6) is 0. The van der Waals surface area contributed by atoms with Crippen molar-refractivity contribution in [1.82, 2.24) is 15.2 Å². The monoisotopic (exact) mass is 245 g/mol. The van der Waals surface area contributed by atoms with Crippen LogP contribution >= 0.6 is 0 Å². The second kappa shape index (κ2) is 5.10. The van der Waals surface area contributed by atoms with E-state index in [-0.39, 0.29) is 6.73 Å². The SMILES string of the molecule is OCN1CCNCC1Cc1c[nH]c2ccccc12. The largest absolute Gasteiger partial charge is 0.381 e. The van der Waals surface area contributed by atoms with Crippen molar-refractivity contribution in [3.8, 4) is 0 Å². The summed E-state index contributed by atoms with van der Waals surface area (Å²) in [6.45, 7) is 2.98. The molecule has 96 valence electrons. The van der Waals surface area contributed by atoms with E-state index in [0.717, 1.165) is 26.1 Å². The molecule has 1 aromatic carbocycles. The number of aromatic nitrogens is 1. The fourth-order valence-corrected chi connectivity index (χ4v) is 2.74. The standard InChI is InChI=1S/C14H19N3O/c18-10-17-6-5-15-9-12(17)7-11-8-16-14-4-2-1-3-13(11)14/h1-4,8,12,15-16,18H,5-7,9-10H2. The van der Waals surface area contributed by atoms with Crippen LogP contribution in [0.1, 0.15) is 5.56 Å². The number of aliphatic hydroxyl groups excluding tert-OH is 1. The third-order valence-electron chi connectivity index (χ3n) is 3.78. The lowest BCUT2D eigenvalue weighted by atomic mass is 10.0. The van der Waals surface area contributed by atoms with Gasteiger partial charge in [0.05, 0.1) is 6.73 Å². The zero-order valence-corrected chi connectivity index (χ0v) is 10.4. The molecule has 0 radical (unpaired) electrons. The Labute approximate surface area is 107 Å². The Morgan fingerprint density at radius 1 is 1.33 bits per heavy atom. The number of fused-ring (bicyclic) bond motifs is 1. The highest BCUT2D eigenvalue weighted by Gasteiger charge is 2.22. The van der Waals surface area contributed by atoms with E-state index in [1.165, 1.54) is 16.5 Å². The van der Waals surface area contributed by atoms with Gasteiger partial charge < -0.3 is 15.4 Å². The molecular weight excluding hydrogens is 226 g/mol. The molecule has 2 aromatic rings. The molecule has 1 fully saturated rings. The average molecular weight is 245 g/mol. The smallest absolute Gasteiger partial charge is 0.0959 e. The van der Waals surface area contributed by atoms with E-state index in [2.05, 4.69) is 39.6 Å². The number of nitrogens with zero attached hydrogens (tertiary/aromatic N) is 1. The summed E-state index contributed by atoms with van der Waals surface area (Å²) in [4.78, 5) is 5.45. The Balaban J connectivity index is 1.82. The minimum absolute atomic E-state index is 0.148. The highest BCUT2D eigenvalue weighted by Crippen LogP contribution is 2.20. The third kappa shape index (κ3) is 2.14. The van der Waals surface area contributed by atoms with E-state index < -0.39 is 0 Å². The lowest BCUT2D eigenvalue weighted by molar-refractivity contribution is 0.0522. The number of para-hydroxylation sites is 1. The maximum Gasteiger partial charge on any atom is 0.0959 e. The van der Waals surface area contributed by atoms with Crippen molar-refractivity contribution in [2.45, 2.75) is 12.5 Å². The number of aliphatic hydroxyl groups is 1. The fourth-order valence-electron chi connectivity index (χ4n) is 2.74. The Morgan fingerprint density at radius 2 is 2.22 bits per heavy atom. The van der Waals surface area contributed by atoms with E-state index >= 15 is 0 Å². The molecule has 3 rings (SSSR count). The Hall–Kier alpha value is -1.36. The normalized spacial score (nSPS) is 21.5. The predicted molar refractivity (Wildman–Crippen MR) is 72.5 cm³/mol. The first kappa shape index (κ1) is 11.7. The van der Waals surface area contributed by atoms with Crippen LogP contribution in [0.25, 0.3) is 10.9 Å². The van der Waals surface area contributed by atoms with Gasteiger partial charge in [-0.05, 0) is 18.1 Å². The molecule has 4 nitrogen and oxygen atoms in total. The van der Waals surface area contributed by atoms with Crippen LogP contribution in [-0.2, 0) is 6.42 Å². The summed E-state index contributed by atoms with van der Waals surface area (Å²) >= 11 is 0. The van der Waals surface area contributed by atoms with Gasteiger partial charge in [-0.1, -0.05) is 18.2 Å². The van der Waals surface area contributed by atoms with Crippen LogP contribution in [0.3, 0.4) is 0 Å². The Bertz CT molecular complexity index is 522. The van der Waals surface area contributed by atoms with Gasteiger partial charge in [-0.15, -0.1) is 0 Å². The second-order valence-electron chi connectivity index (χ2n) is 4.88. The van der Waals surface area contributed by atoms with Crippen molar-refractivity contribution in [1.29, 1.82) is 0 Å². The number of H-pyrrole nitrogens is 1. The highest BCUT2D eigenvalue weighted by molar-refractivity contribution is 5.83. The average Bonchev–Trinajstić information content (AvgIpc) is 2.83. The minimum atomic E-state index is 0.148. The molecule has 0 saturated carbocycles. The van der Waals surface area contributed by atoms with Crippen LogP contribution in [0.15, 0.2) is 30.5 Å². The zero-order valence-electron chi connectivity index (χ0n) is 10.4. The van der Waals surface area contributed by atoms with Gasteiger partial charge in [-0.2, -0.15) is 0 Å². The van der Waals surface area contributed by atoms with Gasteiger partial charge in [-0.25, -0.2) is 0 Å². The molecule has 0 amide bonds. The summed E-state index contributed by atoms with van der Waals surface area (Å²) < 4.78 is 0. The predicted octanol–water partition coefficient (Wildman–Crippen LogP) is 0.934. The molecule has 1 unspecified atom stereocenters. The lowest BCUT2D eigenvalue weighted by Crippen LogP contribution is -2.52. The molecular formula is C14H19N3O. The van der Waals surface area contributed by atoms with Crippen LogP contribution in [0.2, 0.25) is 0 Å². The van der Waals surface area contributed by atoms with E-state index in [9.17, 15) is 5.11 Å². The maximum absolute atomic E-state index is 9.39. The fraction of sp³-hybridized carbons (Fsp3) is 0.429. The molecule has 1 aliphatic heterocycles. The first-order chi connectivity index (χ1) is 8.88. The molecule has 18 heavy (non-hydrogen) atoms. The van der Waals surface area contributed by atoms with Crippen LogP contribution < -0.4 is 5.32 Å². The summed E-state index contributed by atoms with van der Waals surface area (Å²) in [5.41, 5.74) is 2.52. The second-order valence-corrected chi connectivity index (χ2v) is 4.88. The first-order valence-corrected chi connectivity index (χ1v) is 6.49. The van der Waals surface area contributed by atoms with Gasteiger partial charge in [0.2, 0.25) is 0 Å². The molecule has 1 atom stereocenters. The summed E-state index contributed by atoms with van der Waals surface area (Å²) in [7, 11) is 0. The molecule has 1 aliphatic rings. The molecule has 2 heterocycles. The van der Waals surface area contributed by atoms with Gasteiger partial charge in [0.1, 0.15) is 0 Å². The van der Waals surface area contributed by atoms with E-state index in [1.54, 1.807) is 0 Å². The van der Waals surface area contributed by atoms with E-state index in [0.29, 0.717) is 6.04 Å². The molecule has 3 N–H and O–H groups in total. The third-order valence-corrected chi connectivity index (χ3v) is 3.78.